The van der Waals surface area contributed by atoms with Crippen LogP contribution in [0.5, 0.6) is 5.75 Å². The van der Waals surface area contributed by atoms with E-state index in [-0.39, 0.29) is 11.7 Å². The van der Waals surface area contributed by atoms with Gasteiger partial charge in [0, 0.05) is 23.3 Å². The molecular weight excluding hydrogens is 374 g/mol. The Morgan fingerprint density at radius 3 is 2.79 bits per heavy atom. The number of rotatable bonds is 5. The molecule has 0 aliphatic carbocycles. The van der Waals surface area contributed by atoms with Crippen molar-refractivity contribution >= 4 is 33.7 Å². The summed E-state index contributed by atoms with van der Waals surface area (Å²) in [5, 5.41) is 5.11. The number of pyridine rings is 1. The van der Waals surface area contributed by atoms with Crippen molar-refractivity contribution in [1.82, 2.24) is 9.38 Å². The number of nitrogens with one attached hydrogen (secondary N) is 1. The van der Waals surface area contributed by atoms with E-state index >= 15 is 0 Å². The summed E-state index contributed by atoms with van der Waals surface area (Å²) in [7, 11) is 1.56. The minimum Gasteiger partial charge on any atom is -0.497 e. The highest BCUT2D eigenvalue weighted by Crippen LogP contribution is 2.27. The summed E-state index contributed by atoms with van der Waals surface area (Å²) in [6, 6.07) is 12.5. The number of nitrogens with zero attached hydrogens (tertiary/aromatic N) is 2. The van der Waals surface area contributed by atoms with Crippen LogP contribution < -0.4 is 10.1 Å². The molecule has 4 rings (SSSR count). The van der Waals surface area contributed by atoms with Crippen LogP contribution in [-0.4, -0.2) is 28.2 Å². The number of carbonyl (C=O) groups is 2. The van der Waals surface area contributed by atoms with Gasteiger partial charge < -0.3 is 9.14 Å². The van der Waals surface area contributed by atoms with Crippen LogP contribution in [0.1, 0.15) is 32.0 Å². The molecule has 1 aromatic carbocycles. The average Bonchev–Trinajstić information content (AvgIpc) is 3.32. The van der Waals surface area contributed by atoms with E-state index in [4.69, 9.17) is 4.74 Å². The molecule has 0 saturated heterocycles. The first-order valence-corrected chi connectivity index (χ1v) is 9.47. The maximum absolute atomic E-state index is 13.3. The van der Waals surface area contributed by atoms with Gasteiger partial charge in [0.15, 0.2) is 5.13 Å². The number of ether oxygens (including phenoxy) is 1. The Hall–Kier alpha value is -3.45. The predicted octanol–water partition coefficient (Wildman–Crippen LogP) is 4.20. The third kappa shape index (κ3) is 3.05. The van der Waals surface area contributed by atoms with E-state index < -0.39 is 0 Å². The lowest BCUT2D eigenvalue weighted by Crippen LogP contribution is -2.13. The van der Waals surface area contributed by atoms with E-state index in [0.717, 1.165) is 0 Å². The predicted molar refractivity (Wildman–Crippen MR) is 109 cm³/mol. The van der Waals surface area contributed by atoms with E-state index in [9.17, 15) is 9.59 Å². The normalized spacial score (nSPS) is 10.8. The highest BCUT2D eigenvalue weighted by Gasteiger charge is 2.25. The molecule has 140 valence electrons. The van der Waals surface area contributed by atoms with Crippen LogP contribution in [0.2, 0.25) is 0 Å². The molecule has 28 heavy (non-hydrogen) atoms. The molecule has 4 aromatic rings. The molecule has 0 saturated carbocycles. The summed E-state index contributed by atoms with van der Waals surface area (Å²) in [4.78, 5) is 30.3. The number of hydrogen-bond donors (Lipinski definition) is 1. The standard InChI is InChI=1S/C21H17N3O3S/c1-13-17(20(26)23-21-22-9-11-28-21)16-8-3-4-10-24(16)18(13)19(25)14-6-5-7-15(12-14)27-2/h3-12H,1-2H3,(H,22,23,26). The number of amides is 1. The first-order valence-electron chi connectivity index (χ1n) is 8.59. The van der Waals surface area contributed by atoms with Crippen molar-refractivity contribution in [3.8, 4) is 5.75 Å². The zero-order chi connectivity index (χ0) is 19.7. The van der Waals surface area contributed by atoms with E-state index in [2.05, 4.69) is 10.3 Å². The molecule has 0 spiro atoms. The Balaban J connectivity index is 1.84. The molecule has 0 atom stereocenters. The van der Waals surface area contributed by atoms with Crippen molar-refractivity contribution in [3.05, 3.63) is 82.6 Å². The Morgan fingerprint density at radius 2 is 2.04 bits per heavy atom. The summed E-state index contributed by atoms with van der Waals surface area (Å²) in [6.45, 7) is 1.79. The van der Waals surface area contributed by atoms with Gasteiger partial charge in [0.05, 0.1) is 23.9 Å². The quantitative estimate of drug-likeness (QED) is 0.518. The second-order valence-electron chi connectivity index (χ2n) is 6.16. The van der Waals surface area contributed by atoms with Gasteiger partial charge in [-0.05, 0) is 36.8 Å². The molecule has 1 amide bonds. The first kappa shape index (κ1) is 17.9. The maximum atomic E-state index is 13.3. The molecule has 0 aliphatic heterocycles. The number of ketones is 1. The third-order valence-corrected chi connectivity index (χ3v) is 5.20. The topological polar surface area (TPSA) is 72.7 Å². The minimum atomic E-state index is -0.291. The number of hydrogen-bond acceptors (Lipinski definition) is 5. The largest absolute Gasteiger partial charge is 0.497 e. The third-order valence-electron chi connectivity index (χ3n) is 4.51. The first-order chi connectivity index (χ1) is 13.6. The summed E-state index contributed by atoms with van der Waals surface area (Å²) in [5.74, 6) is 0.137. The van der Waals surface area contributed by atoms with Crippen molar-refractivity contribution in [3.63, 3.8) is 0 Å². The van der Waals surface area contributed by atoms with Crippen molar-refractivity contribution < 1.29 is 14.3 Å². The molecule has 7 heteroatoms. The van der Waals surface area contributed by atoms with Crippen molar-refractivity contribution in [1.29, 1.82) is 0 Å². The highest BCUT2D eigenvalue weighted by atomic mass is 32.1. The van der Waals surface area contributed by atoms with Crippen LogP contribution in [0.3, 0.4) is 0 Å². The SMILES string of the molecule is COc1cccc(C(=O)c2c(C)c(C(=O)Nc3nccs3)c3ccccn23)c1. The molecule has 3 aromatic heterocycles. The van der Waals surface area contributed by atoms with E-state index in [1.165, 1.54) is 11.3 Å². The van der Waals surface area contributed by atoms with Crippen LogP contribution in [0, 0.1) is 6.92 Å². The number of thiazole rings is 1. The Labute approximate surface area is 165 Å². The minimum absolute atomic E-state index is 0.175. The Bertz CT molecular complexity index is 1180. The second-order valence-corrected chi connectivity index (χ2v) is 7.05. The number of methoxy groups -OCH3 is 1. The maximum Gasteiger partial charge on any atom is 0.259 e. The van der Waals surface area contributed by atoms with Gasteiger partial charge in [-0.15, -0.1) is 11.3 Å². The van der Waals surface area contributed by atoms with Crippen LogP contribution in [-0.2, 0) is 0 Å². The molecule has 1 N–H and O–H groups in total. The fourth-order valence-corrected chi connectivity index (χ4v) is 3.77. The number of aromatic nitrogens is 2. The van der Waals surface area contributed by atoms with Gasteiger partial charge in [0.2, 0.25) is 5.78 Å². The lowest BCUT2D eigenvalue weighted by atomic mass is 10.0. The van der Waals surface area contributed by atoms with Gasteiger partial charge in [-0.2, -0.15) is 0 Å². The van der Waals surface area contributed by atoms with Gasteiger partial charge in [0.1, 0.15) is 5.75 Å². The molecule has 3 heterocycles. The average molecular weight is 391 g/mol. The molecule has 0 fully saturated rings. The van der Waals surface area contributed by atoms with Crippen molar-refractivity contribution in [2.24, 2.45) is 0 Å². The molecule has 0 unspecified atom stereocenters. The zero-order valence-corrected chi connectivity index (χ0v) is 16.1. The number of fused-ring (bicyclic) bond motifs is 1. The van der Waals surface area contributed by atoms with E-state index in [0.29, 0.717) is 38.8 Å². The molecule has 0 radical (unpaired) electrons. The Morgan fingerprint density at radius 1 is 1.18 bits per heavy atom. The number of anilines is 1. The van der Waals surface area contributed by atoms with E-state index in [1.54, 1.807) is 60.5 Å². The summed E-state index contributed by atoms with van der Waals surface area (Å²) >= 11 is 1.34. The number of benzene rings is 1. The Kier molecular flexibility index (Phi) is 4.67. The monoisotopic (exact) mass is 391 g/mol. The van der Waals surface area contributed by atoms with Gasteiger partial charge in [-0.3, -0.25) is 14.9 Å². The van der Waals surface area contributed by atoms with Gasteiger partial charge in [0.25, 0.3) is 5.91 Å². The van der Waals surface area contributed by atoms with Crippen LogP contribution in [0.25, 0.3) is 5.52 Å². The smallest absolute Gasteiger partial charge is 0.259 e. The summed E-state index contributed by atoms with van der Waals surface area (Å²) in [5.41, 5.74) is 2.70. The zero-order valence-electron chi connectivity index (χ0n) is 15.3. The van der Waals surface area contributed by atoms with Crippen LogP contribution >= 0.6 is 11.3 Å². The van der Waals surface area contributed by atoms with Crippen molar-refractivity contribution in [2.45, 2.75) is 6.92 Å². The van der Waals surface area contributed by atoms with E-state index in [1.807, 2.05) is 18.2 Å². The van der Waals surface area contributed by atoms with Gasteiger partial charge in [-0.25, -0.2) is 4.98 Å². The second kappa shape index (κ2) is 7.28. The molecule has 0 bridgehead atoms. The summed E-state index contributed by atoms with van der Waals surface area (Å²) < 4.78 is 6.99. The van der Waals surface area contributed by atoms with Crippen LogP contribution in [0.15, 0.2) is 60.2 Å². The van der Waals surface area contributed by atoms with Gasteiger partial charge in [-0.1, -0.05) is 18.2 Å². The highest BCUT2D eigenvalue weighted by molar-refractivity contribution is 7.13. The number of carbonyl (C=O) groups excluding carboxylic acids is 2. The molecule has 0 aliphatic rings. The van der Waals surface area contributed by atoms with Crippen LogP contribution in [0.4, 0.5) is 5.13 Å². The summed E-state index contributed by atoms with van der Waals surface area (Å²) in [6.07, 6.45) is 3.42. The van der Waals surface area contributed by atoms with Gasteiger partial charge >= 0.3 is 0 Å². The molecule has 6 nitrogen and oxygen atoms in total. The lowest BCUT2D eigenvalue weighted by molar-refractivity contribution is 0.102. The fraction of sp³-hybridized carbons (Fsp3) is 0.0952. The van der Waals surface area contributed by atoms with Crippen molar-refractivity contribution in [2.75, 3.05) is 12.4 Å². The molecular formula is C21H17N3O3S. The lowest BCUT2D eigenvalue weighted by Gasteiger charge is -2.06. The fourth-order valence-electron chi connectivity index (χ4n) is 3.25.